The monoisotopic (exact) mass is 570 g/mol. The Morgan fingerprint density at radius 1 is 1.30 bits per heavy atom. The third-order valence-corrected chi connectivity index (χ3v) is 11.7. The van der Waals surface area contributed by atoms with Crippen LogP contribution < -0.4 is 15.5 Å². The van der Waals surface area contributed by atoms with E-state index in [0.717, 1.165) is 32.2 Å². The number of hydrogen-bond donors (Lipinski definition) is 4. The van der Waals surface area contributed by atoms with Crippen LogP contribution in [0.5, 0.6) is 0 Å². The van der Waals surface area contributed by atoms with Crippen LogP contribution in [-0.4, -0.2) is 85.3 Å². The van der Waals surface area contributed by atoms with E-state index in [9.17, 15) is 24.3 Å². The molecule has 3 amide bonds. The third kappa shape index (κ3) is 4.81. The predicted octanol–water partition coefficient (Wildman–Crippen LogP) is 2.08. The molecule has 218 valence electrons. The molecule has 4 aliphatic heterocycles. The average Bonchev–Trinajstić information content (AvgIpc) is 3.68. The van der Waals surface area contributed by atoms with E-state index in [1.807, 2.05) is 32.2 Å². The molecular weight excluding hydrogens is 528 g/mol. The number of aliphatic hydroxyl groups is 1. The molecule has 0 saturated carbocycles. The van der Waals surface area contributed by atoms with Gasteiger partial charge in [0.1, 0.15) is 0 Å². The number of fused-ring (bicyclic) bond motifs is 2. The number of likely N-dealkylation sites (tertiary alicyclic amines) is 1. The minimum atomic E-state index is -2.94. The van der Waals surface area contributed by atoms with Gasteiger partial charge in [-0.15, -0.1) is 6.58 Å². The summed E-state index contributed by atoms with van der Waals surface area (Å²) in [4.78, 5) is 55.4. The fourth-order valence-corrected chi connectivity index (χ4v) is 10.0. The van der Waals surface area contributed by atoms with Crippen LogP contribution in [0.25, 0.3) is 0 Å². The van der Waals surface area contributed by atoms with E-state index < -0.39 is 31.5 Å². The zero-order chi connectivity index (χ0) is 28.8. The average molecular weight is 571 g/mol. The number of hydrogen-bond acceptors (Lipinski definition) is 7. The van der Waals surface area contributed by atoms with Gasteiger partial charge in [0.05, 0.1) is 36.9 Å². The number of aliphatic hydroxyl groups excluding tert-OH is 1. The Labute approximate surface area is 236 Å². The van der Waals surface area contributed by atoms with E-state index in [1.54, 1.807) is 21.9 Å². The summed E-state index contributed by atoms with van der Waals surface area (Å²) in [5, 5.41) is 16.0. The van der Waals surface area contributed by atoms with Gasteiger partial charge in [0.15, 0.2) is 13.9 Å². The largest absolute Gasteiger partial charge is 0.432 e. The Morgan fingerprint density at radius 2 is 2.08 bits per heavy atom. The van der Waals surface area contributed by atoms with Crippen molar-refractivity contribution in [3.8, 4) is 0 Å². The van der Waals surface area contributed by atoms with E-state index >= 15 is 0 Å². The minimum Gasteiger partial charge on any atom is -0.432 e. The number of nitrogens with zero attached hydrogens (tertiary/aromatic N) is 2. The highest BCUT2D eigenvalue weighted by Crippen LogP contribution is 2.60. The Balaban J connectivity index is 1.52. The second-order valence-corrected chi connectivity index (χ2v) is 16.2. The predicted molar refractivity (Wildman–Crippen MR) is 154 cm³/mol. The van der Waals surface area contributed by atoms with E-state index in [-0.39, 0.29) is 49.4 Å². The topological polar surface area (TPSA) is 131 Å². The molecule has 0 unspecified atom stereocenters. The SMILES string of the molecule is C=CCN1C(=O)[C@]2(O[C@H](CC(=O)N3CCC[C@H]3CO)[C@@H]([Si](C)(C)O)[C@@H]2C)c2cc(NC(=O)[C@H]3CCCN3)ccc21. The summed E-state index contributed by atoms with van der Waals surface area (Å²) in [5.41, 5.74) is 0.0797. The second-order valence-electron chi connectivity index (χ2n) is 12.2. The molecule has 0 bridgehead atoms. The van der Waals surface area contributed by atoms with E-state index in [4.69, 9.17) is 4.74 Å². The first-order chi connectivity index (χ1) is 19.0. The molecular formula is C29H42N4O6Si. The summed E-state index contributed by atoms with van der Waals surface area (Å²) >= 11 is 0. The highest BCUT2D eigenvalue weighted by Gasteiger charge is 2.66. The van der Waals surface area contributed by atoms with Crippen molar-refractivity contribution < 1.29 is 29.0 Å². The van der Waals surface area contributed by atoms with Crippen molar-refractivity contribution >= 4 is 37.4 Å². The molecule has 1 aromatic rings. The molecule has 6 atom stereocenters. The quantitative estimate of drug-likeness (QED) is 0.278. The number of carbonyl (C=O) groups excluding carboxylic acids is 3. The molecule has 4 N–H and O–H groups in total. The van der Waals surface area contributed by atoms with Gasteiger partial charge in [-0.2, -0.15) is 0 Å². The second kappa shape index (κ2) is 11.0. The lowest BCUT2D eigenvalue weighted by molar-refractivity contribution is -0.149. The molecule has 0 aromatic heterocycles. The van der Waals surface area contributed by atoms with Crippen molar-refractivity contribution in [3.05, 3.63) is 36.4 Å². The zero-order valence-corrected chi connectivity index (χ0v) is 24.7. The van der Waals surface area contributed by atoms with Gasteiger partial charge < -0.3 is 35.1 Å². The van der Waals surface area contributed by atoms with Crippen LogP contribution in [0.15, 0.2) is 30.9 Å². The maximum atomic E-state index is 14.2. The Bertz CT molecular complexity index is 1180. The van der Waals surface area contributed by atoms with Gasteiger partial charge in [-0.3, -0.25) is 14.4 Å². The number of nitrogens with one attached hydrogen (secondary N) is 2. The summed E-state index contributed by atoms with van der Waals surface area (Å²) in [5.74, 6) is -0.919. The van der Waals surface area contributed by atoms with Crippen molar-refractivity contribution in [1.29, 1.82) is 0 Å². The molecule has 5 rings (SSSR count). The first-order valence-corrected chi connectivity index (χ1v) is 17.5. The van der Waals surface area contributed by atoms with Crippen molar-refractivity contribution in [3.63, 3.8) is 0 Å². The number of ether oxygens (including phenoxy) is 1. The fourth-order valence-electron chi connectivity index (χ4n) is 7.45. The molecule has 10 nitrogen and oxygen atoms in total. The third-order valence-electron chi connectivity index (χ3n) is 9.22. The van der Waals surface area contributed by atoms with Gasteiger partial charge in [0.2, 0.25) is 11.8 Å². The number of benzene rings is 1. The minimum absolute atomic E-state index is 0.0259. The van der Waals surface area contributed by atoms with Gasteiger partial charge in [0, 0.05) is 35.8 Å². The first-order valence-electron chi connectivity index (χ1n) is 14.4. The summed E-state index contributed by atoms with van der Waals surface area (Å²) in [7, 11) is -2.94. The molecule has 4 aliphatic rings. The fraction of sp³-hybridized carbons (Fsp3) is 0.621. The van der Waals surface area contributed by atoms with Crippen LogP contribution in [-0.2, 0) is 24.7 Å². The Morgan fingerprint density at radius 3 is 2.73 bits per heavy atom. The van der Waals surface area contributed by atoms with Crippen LogP contribution in [0.4, 0.5) is 11.4 Å². The zero-order valence-electron chi connectivity index (χ0n) is 23.7. The Hall–Kier alpha value is -2.57. The van der Waals surface area contributed by atoms with Gasteiger partial charge in [0.25, 0.3) is 5.91 Å². The lowest BCUT2D eigenvalue weighted by atomic mass is 9.82. The smallest absolute Gasteiger partial charge is 0.264 e. The van der Waals surface area contributed by atoms with Crippen LogP contribution >= 0.6 is 0 Å². The molecule has 0 radical (unpaired) electrons. The van der Waals surface area contributed by atoms with Gasteiger partial charge >= 0.3 is 0 Å². The number of carbonyl (C=O) groups is 3. The van der Waals surface area contributed by atoms with E-state index in [1.165, 1.54) is 0 Å². The van der Waals surface area contributed by atoms with Gasteiger partial charge in [-0.25, -0.2) is 0 Å². The molecule has 11 heteroatoms. The number of anilines is 2. The van der Waals surface area contributed by atoms with Crippen molar-refractivity contribution in [1.82, 2.24) is 10.2 Å². The standard InChI is InChI=1S/C29H42N4O6Si/c1-5-13-33-23-11-10-19(31-27(36)22-9-6-12-30-22)15-21(23)29(28(33)37)18(2)26(40(3,4)38)24(39-29)16-25(35)32-14-7-8-20(32)17-34/h5,10-11,15,18,20,22,24,26,30,34,38H,1,6-9,12-14,16-17H2,2-4H3,(H,31,36)/t18-,20-,22+,24+,26-,29+/m0/s1. The highest BCUT2D eigenvalue weighted by atomic mass is 28.4. The molecule has 4 heterocycles. The van der Waals surface area contributed by atoms with Crippen molar-refractivity contribution in [2.24, 2.45) is 5.92 Å². The van der Waals surface area contributed by atoms with Crippen LogP contribution in [0.2, 0.25) is 18.6 Å². The maximum Gasteiger partial charge on any atom is 0.264 e. The summed E-state index contributed by atoms with van der Waals surface area (Å²) in [6.07, 6.45) is 4.32. The van der Waals surface area contributed by atoms with E-state index in [2.05, 4.69) is 17.2 Å². The normalized spacial score (nSPS) is 31.7. The maximum absolute atomic E-state index is 14.2. The summed E-state index contributed by atoms with van der Waals surface area (Å²) < 4.78 is 6.75. The molecule has 3 saturated heterocycles. The first kappa shape index (κ1) is 28.9. The number of rotatable bonds is 8. The molecule has 1 spiro atoms. The van der Waals surface area contributed by atoms with Crippen LogP contribution in [0, 0.1) is 5.92 Å². The van der Waals surface area contributed by atoms with E-state index in [0.29, 0.717) is 23.5 Å². The lowest BCUT2D eigenvalue weighted by Gasteiger charge is -2.32. The molecule has 40 heavy (non-hydrogen) atoms. The van der Waals surface area contributed by atoms with Crippen LogP contribution in [0.3, 0.4) is 0 Å². The molecule has 3 fully saturated rings. The van der Waals surface area contributed by atoms with Crippen molar-refractivity contribution in [2.75, 3.05) is 36.5 Å². The van der Waals surface area contributed by atoms with Crippen LogP contribution in [0.1, 0.15) is 44.6 Å². The summed E-state index contributed by atoms with van der Waals surface area (Å²) in [6, 6.07) is 4.96. The molecule has 1 aromatic carbocycles. The van der Waals surface area contributed by atoms with Gasteiger partial charge in [-0.1, -0.05) is 13.0 Å². The highest BCUT2D eigenvalue weighted by molar-refractivity contribution is 6.71. The van der Waals surface area contributed by atoms with Crippen molar-refractivity contribution in [2.45, 2.75) is 81.5 Å². The summed E-state index contributed by atoms with van der Waals surface area (Å²) in [6.45, 7) is 11.0. The molecule has 0 aliphatic carbocycles. The Kier molecular flexibility index (Phi) is 7.97. The lowest BCUT2D eigenvalue weighted by Crippen LogP contribution is -2.46. The van der Waals surface area contributed by atoms with Gasteiger partial charge in [-0.05, 0) is 63.5 Å². The number of amides is 3.